The number of rotatable bonds is 8. The molecule has 0 bridgehead atoms. The lowest BCUT2D eigenvalue weighted by molar-refractivity contribution is -0.661. The fourth-order valence-electron chi connectivity index (χ4n) is 23.7. The van der Waals surface area contributed by atoms with Crippen molar-refractivity contribution < 1.29 is 18.3 Å². The van der Waals surface area contributed by atoms with Crippen LogP contribution < -0.4 is 18.3 Å². The number of aryl methyl sites for hydroxylation is 10. The van der Waals surface area contributed by atoms with Crippen LogP contribution in [0, 0.1) is 41.5 Å². The predicted molar refractivity (Wildman–Crippen MR) is 610 cm³/mol. The second-order valence-electron chi connectivity index (χ2n) is 40.8. The molecule has 4 heterocycles. The average molecular weight is 1870 g/mol. The van der Waals surface area contributed by atoms with Crippen LogP contribution in [-0.4, -0.2) is 0 Å². The first kappa shape index (κ1) is 93.3. The van der Waals surface area contributed by atoms with E-state index in [0.717, 1.165) is 0 Å². The monoisotopic (exact) mass is 1870 g/mol. The second-order valence-corrected chi connectivity index (χ2v) is 40.8. The van der Waals surface area contributed by atoms with Crippen molar-refractivity contribution in [2.24, 2.45) is 28.2 Å². The van der Waals surface area contributed by atoms with Gasteiger partial charge in [-0.05, 0) is 266 Å². The zero-order chi connectivity index (χ0) is 99.7. The maximum atomic E-state index is 2.42. The zero-order valence-corrected chi connectivity index (χ0v) is 86.0. The van der Waals surface area contributed by atoms with Crippen LogP contribution in [0.2, 0.25) is 0 Å². The number of hydrogen-bond donors (Lipinski definition) is 0. The highest BCUT2D eigenvalue weighted by molar-refractivity contribution is 6.12. The summed E-state index contributed by atoms with van der Waals surface area (Å²) in [7, 11) is 8.70. The van der Waals surface area contributed by atoms with E-state index >= 15 is 0 Å². The SMILES string of the molecule is Cc1c[n+](C)c(-c2c(C)ccc3c2-c2ccccc2-c2ccccc2-c2ccccc2-3)cc1C(C)C.Cc1cc(-c2c(C)ccc3c2-c2ccccc2-c2ccccc2-c2ccccc2-3)[n+](C)cc1C(C)C.Cc1ccc2c(c1-c1cc(C(C)C)cc[n+]1C)-c1ccccc1-c1ccccc1-c1ccccc1-2.Cc1ccc2c(c1-c1ccc(-c3ccccc3)c[n+]1C)-c1ccccc1-c1ccccc1-c1ccccc1-2. The molecule has 4 heteroatoms. The lowest BCUT2D eigenvalue weighted by Crippen LogP contribution is -2.32. The Balaban J connectivity index is 0.000000110. The molecule has 0 fully saturated rings. The molecule has 145 heavy (non-hydrogen) atoms. The molecule has 4 aliphatic carbocycles. The molecule has 0 aliphatic heterocycles. The molecule has 0 atom stereocenters. The molecule has 17 aromatic carbocycles. The van der Waals surface area contributed by atoms with Gasteiger partial charge in [0.1, 0.15) is 28.2 Å². The number of fused-ring (bicyclic) bond motifs is 32. The van der Waals surface area contributed by atoms with E-state index in [1.807, 2.05) is 0 Å². The van der Waals surface area contributed by atoms with E-state index in [1.54, 1.807) is 0 Å². The standard InChI is InChI=1S/C37H28N.2C35H32N.C34H30N/c1-25-20-22-34-32-18-9-8-16-30(32)28-14-6-7-15-29(28)31-17-10-11-19-33(31)37(34)36(25)35-23-21-27(24-38(35)2)26-12-4-3-5-13-26;1-22(2)32-20-33(36(5)21-24(32)4)34-23(3)18-19-31-29-16-9-8-14-27(29)25-12-6-7-13-26(25)28-15-10-11-17-30(28)35(31)34;1-22(2)32-21-36(5)33(20-24(32)4)34-23(3)18-19-31-29-16-9-8-14-27(29)25-12-6-7-13-26(25)28-15-10-11-17-30(28)35(31)34;1-22(2)24-19-20-35(4)32(21-24)33-23(3)17-18-31-29-15-8-7-13-27(29)25-11-5-6-12-26(25)28-14-9-10-16-30(28)34(31)33/h3-24H,1-2H3;2*6-22H,1-5H3;5-22H,1-4H3/q4*+1. The summed E-state index contributed by atoms with van der Waals surface area (Å²) in [6.07, 6.45) is 9.08. The van der Waals surface area contributed by atoms with E-state index in [9.17, 15) is 0 Å². The number of nitrogens with zero attached hydrogens (tertiary/aromatic N) is 4. The van der Waals surface area contributed by atoms with E-state index in [2.05, 4.69) is 561 Å². The maximum absolute atomic E-state index is 2.42. The van der Waals surface area contributed by atoms with E-state index in [4.69, 9.17) is 0 Å². The Morgan fingerprint density at radius 1 is 0.152 bits per heavy atom. The van der Waals surface area contributed by atoms with E-state index in [-0.39, 0.29) is 0 Å². The maximum Gasteiger partial charge on any atom is 0.213 e. The van der Waals surface area contributed by atoms with Gasteiger partial charge in [-0.25, -0.2) is 18.3 Å². The van der Waals surface area contributed by atoms with Crippen LogP contribution in [0.5, 0.6) is 0 Å². The molecule has 0 N–H and O–H groups in total. The highest BCUT2D eigenvalue weighted by atomic mass is 14.9. The Kier molecular flexibility index (Phi) is 25.1. The van der Waals surface area contributed by atoms with Crippen LogP contribution in [-0.2, 0) is 28.2 Å². The number of benzene rings is 17. The third kappa shape index (κ3) is 16.8. The predicted octanol–water partition coefficient (Wildman–Crippen LogP) is 35.5. The van der Waals surface area contributed by atoms with Crippen LogP contribution >= 0.6 is 0 Å². The van der Waals surface area contributed by atoms with Gasteiger partial charge in [0.05, 0.1) is 22.3 Å². The topological polar surface area (TPSA) is 15.5 Å². The molecule has 0 saturated carbocycles. The van der Waals surface area contributed by atoms with Gasteiger partial charge in [0.2, 0.25) is 22.8 Å². The second kappa shape index (κ2) is 39.0. The first-order chi connectivity index (χ1) is 70.7. The largest absolute Gasteiger partial charge is 0.213 e. The van der Waals surface area contributed by atoms with Crippen LogP contribution in [0.4, 0.5) is 0 Å². The Morgan fingerprint density at radius 2 is 0.393 bits per heavy atom. The van der Waals surface area contributed by atoms with Crippen molar-refractivity contribution in [1.82, 2.24) is 0 Å². The third-order valence-electron chi connectivity index (χ3n) is 30.7. The first-order valence-electron chi connectivity index (χ1n) is 51.4. The normalized spacial score (nSPS) is 11.6. The molecular formula is C141H122N4+4. The molecule has 4 aromatic heterocycles. The number of pyridine rings is 4. The van der Waals surface area contributed by atoms with Crippen molar-refractivity contribution in [2.45, 2.75) is 101 Å². The van der Waals surface area contributed by atoms with Crippen LogP contribution in [0.15, 0.2) is 431 Å². The average Bonchev–Trinajstić information content (AvgIpc) is 0.740. The number of hydrogen-bond acceptors (Lipinski definition) is 0. The zero-order valence-electron chi connectivity index (χ0n) is 86.0. The minimum Gasteiger partial charge on any atom is -0.201 e. The van der Waals surface area contributed by atoms with Crippen molar-refractivity contribution in [1.29, 1.82) is 0 Å². The third-order valence-corrected chi connectivity index (χ3v) is 30.7. The molecule has 4 nitrogen and oxygen atoms in total. The summed E-state index contributed by atoms with van der Waals surface area (Å²) < 4.78 is 9.19. The highest BCUT2D eigenvalue weighted by Crippen LogP contribution is 2.58. The Bertz CT molecular complexity index is 8690. The summed E-state index contributed by atoms with van der Waals surface area (Å²) in [5.41, 5.74) is 65.9. The van der Waals surface area contributed by atoms with Crippen LogP contribution in [0.3, 0.4) is 0 Å². The molecule has 0 amide bonds. The summed E-state index contributed by atoms with van der Waals surface area (Å²) in [6.45, 7) is 27.1. The van der Waals surface area contributed by atoms with Gasteiger partial charge in [0, 0.05) is 69.3 Å². The van der Waals surface area contributed by atoms with Crippen molar-refractivity contribution in [3.8, 4) is 234 Å². The highest BCUT2D eigenvalue weighted by Gasteiger charge is 2.36. The molecule has 0 radical (unpaired) electrons. The summed E-state index contributed by atoms with van der Waals surface area (Å²) >= 11 is 0. The molecule has 21 aromatic rings. The molecule has 0 saturated heterocycles. The summed E-state index contributed by atoms with van der Waals surface area (Å²) in [6, 6.07) is 150. The first-order valence-corrected chi connectivity index (χ1v) is 51.4. The lowest BCUT2D eigenvalue weighted by atomic mass is 9.78. The van der Waals surface area contributed by atoms with E-state index < -0.39 is 0 Å². The summed E-state index contributed by atoms with van der Waals surface area (Å²) in [5.74, 6) is 1.43. The smallest absolute Gasteiger partial charge is 0.201 e. The van der Waals surface area contributed by atoms with E-state index in [1.165, 1.54) is 284 Å². The fourth-order valence-corrected chi connectivity index (χ4v) is 23.7. The Labute approximate surface area is 856 Å². The minimum absolute atomic E-state index is 0.468. The molecular weight excluding hydrogens is 1750 g/mol. The van der Waals surface area contributed by atoms with Crippen molar-refractivity contribution in [3.05, 3.63) is 481 Å². The van der Waals surface area contributed by atoms with Crippen LogP contribution in [0.25, 0.3) is 234 Å². The van der Waals surface area contributed by atoms with Crippen molar-refractivity contribution in [3.63, 3.8) is 0 Å². The van der Waals surface area contributed by atoms with Crippen molar-refractivity contribution in [2.75, 3.05) is 0 Å². The quantitative estimate of drug-likeness (QED) is 0.135. The van der Waals surface area contributed by atoms with Gasteiger partial charge in [-0.15, -0.1) is 0 Å². The van der Waals surface area contributed by atoms with Gasteiger partial charge < -0.3 is 0 Å². The fraction of sp³-hybridized carbons (Fsp3) is 0.135. The Hall–Kier alpha value is -16.7. The summed E-state index contributed by atoms with van der Waals surface area (Å²) in [4.78, 5) is 0. The molecule has 0 spiro atoms. The molecule has 0 unspecified atom stereocenters. The summed E-state index contributed by atoms with van der Waals surface area (Å²) in [5, 5.41) is 0. The van der Waals surface area contributed by atoms with Crippen molar-refractivity contribution >= 4 is 0 Å². The van der Waals surface area contributed by atoms with Gasteiger partial charge in [-0.3, -0.25) is 0 Å². The van der Waals surface area contributed by atoms with Crippen LogP contribution in [0.1, 0.15) is 109 Å². The van der Waals surface area contributed by atoms with Gasteiger partial charge in [-0.1, -0.05) is 412 Å². The van der Waals surface area contributed by atoms with Gasteiger partial charge >= 0.3 is 0 Å². The molecule has 4 aliphatic rings. The Morgan fingerprint density at radius 3 is 0.676 bits per heavy atom. The van der Waals surface area contributed by atoms with Gasteiger partial charge in [0.25, 0.3) is 0 Å². The lowest BCUT2D eigenvalue weighted by Gasteiger charge is -2.25. The van der Waals surface area contributed by atoms with Gasteiger partial charge in [0.15, 0.2) is 24.8 Å². The molecule has 702 valence electrons. The van der Waals surface area contributed by atoms with Gasteiger partial charge in [-0.2, -0.15) is 0 Å². The van der Waals surface area contributed by atoms with E-state index in [0.29, 0.717) is 17.8 Å². The molecule has 25 rings (SSSR count). The number of aromatic nitrogens is 4. The minimum atomic E-state index is 0.468.